The molecule has 0 aliphatic heterocycles. The van der Waals surface area contributed by atoms with Gasteiger partial charge in [0.15, 0.2) is 5.82 Å². The van der Waals surface area contributed by atoms with Crippen LogP contribution in [-0.2, 0) is 16.2 Å². The number of aromatic amines is 1. The number of H-pyrrole nitrogens is 1. The van der Waals surface area contributed by atoms with Crippen molar-refractivity contribution in [2.75, 3.05) is 0 Å². The first-order valence-corrected chi connectivity index (χ1v) is 6.35. The summed E-state index contributed by atoms with van der Waals surface area (Å²) in [6.45, 7) is 0. The molecule has 0 amide bonds. The molecule has 10 heteroatoms. The summed E-state index contributed by atoms with van der Waals surface area (Å²) in [4.78, 5) is 3.58. The maximum Gasteiger partial charge on any atom is 0.416 e. The first-order valence-electron chi connectivity index (χ1n) is 4.81. The zero-order chi connectivity index (χ0) is 14.3. The molecule has 0 saturated carbocycles. The fourth-order valence-electron chi connectivity index (χ4n) is 1.31. The van der Waals surface area contributed by atoms with Gasteiger partial charge in [-0.15, -0.1) is 0 Å². The fourth-order valence-corrected chi connectivity index (χ4v) is 1.70. The number of sulfonamides is 1. The van der Waals surface area contributed by atoms with Crippen LogP contribution in [0, 0.1) is 0 Å². The monoisotopic (exact) mass is 292 g/mol. The van der Waals surface area contributed by atoms with Crippen LogP contribution < -0.4 is 5.14 Å². The van der Waals surface area contributed by atoms with E-state index in [9.17, 15) is 21.6 Å². The molecular weight excluding hydrogens is 285 g/mol. The lowest BCUT2D eigenvalue weighted by atomic mass is 10.1. The number of nitrogens with zero attached hydrogens (tertiary/aromatic N) is 2. The van der Waals surface area contributed by atoms with Crippen LogP contribution in [0.4, 0.5) is 13.2 Å². The van der Waals surface area contributed by atoms with Crippen molar-refractivity contribution in [1.29, 1.82) is 0 Å². The molecule has 0 saturated heterocycles. The van der Waals surface area contributed by atoms with E-state index in [4.69, 9.17) is 5.14 Å². The molecule has 6 nitrogen and oxygen atoms in total. The molecule has 1 aromatic carbocycles. The molecule has 0 aliphatic carbocycles. The number of primary sulfonamides is 1. The van der Waals surface area contributed by atoms with E-state index in [1.807, 2.05) is 0 Å². The Balaban J connectivity index is 2.36. The third-order valence-corrected chi connectivity index (χ3v) is 2.93. The molecule has 1 aromatic heterocycles. The number of benzene rings is 1. The number of alkyl halides is 3. The van der Waals surface area contributed by atoms with Crippen LogP contribution in [0.5, 0.6) is 0 Å². The highest BCUT2D eigenvalue weighted by atomic mass is 32.2. The molecule has 0 unspecified atom stereocenters. The van der Waals surface area contributed by atoms with Gasteiger partial charge in [-0.3, -0.25) is 0 Å². The van der Waals surface area contributed by atoms with E-state index in [2.05, 4.69) is 15.2 Å². The standard InChI is InChI=1S/C9H7F3N4O2S/c10-9(11,12)6-3-1-5(2-4-6)7-14-8(16-15-7)19(13,17)18/h1-4H,(H2,13,17,18)(H,14,15,16). The Morgan fingerprint density at radius 2 is 1.74 bits per heavy atom. The van der Waals surface area contributed by atoms with Crippen molar-refractivity contribution >= 4 is 10.0 Å². The van der Waals surface area contributed by atoms with Crippen molar-refractivity contribution in [2.45, 2.75) is 11.3 Å². The van der Waals surface area contributed by atoms with Gasteiger partial charge in [0.25, 0.3) is 15.2 Å². The minimum atomic E-state index is -4.44. The maximum atomic E-state index is 12.3. The summed E-state index contributed by atoms with van der Waals surface area (Å²) < 4.78 is 59.0. The number of hydrogen-bond acceptors (Lipinski definition) is 4. The van der Waals surface area contributed by atoms with E-state index < -0.39 is 26.9 Å². The molecular formula is C9H7F3N4O2S. The maximum absolute atomic E-state index is 12.3. The van der Waals surface area contributed by atoms with Gasteiger partial charge in [0.1, 0.15) is 0 Å². The van der Waals surface area contributed by atoms with Crippen molar-refractivity contribution in [1.82, 2.24) is 15.2 Å². The quantitative estimate of drug-likeness (QED) is 0.866. The van der Waals surface area contributed by atoms with Crippen molar-refractivity contribution < 1.29 is 21.6 Å². The average molecular weight is 292 g/mol. The highest BCUT2D eigenvalue weighted by Gasteiger charge is 2.30. The van der Waals surface area contributed by atoms with E-state index >= 15 is 0 Å². The Morgan fingerprint density at radius 3 is 2.16 bits per heavy atom. The Morgan fingerprint density at radius 1 is 1.16 bits per heavy atom. The van der Waals surface area contributed by atoms with Gasteiger partial charge in [-0.05, 0) is 12.1 Å². The van der Waals surface area contributed by atoms with E-state index in [0.717, 1.165) is 24.3 Å². The van der Waals surface area contributed by atoms with Crippen molar-refractivity contribution in [3.05, 3.63) is 29.8 Å². The summed E-state index contributed by atoms with van der Waals surface area (Å²) >= 11 is 0. The number of nitrogens with one attached hydrogen (secondary N) is 1. The first kappa shape index (κ1) is 13.5. The number of halogens is 3. The van der Waals surface area contributed by atoms with Gasteiger partial charge in [0, 0.05) is 5.56 Å². The summed E-state index contributed by atoms with van der Waals surface area (Å²) in [5.41, 5.74) is -0.586. The summed E-state index contributed by atoms with van der Waals surface area (Å²) in [5, 5.41) is 9.93. The third kappa shape index (κ3) is 2.90. The molecule has 1 heterocycles. The summed E-state index contributed by atoms with van der Waals surface area (Å²) in [7, 11) is -4.03. The van der Waals surface area contributed by atoms with E-state index in [1.54, 1.807) is 0 Å². The second-order valence-electron chi connectivity index (χ2n) is 3.58. The number of hydrogen-bond donors (Lipinski definition) is 2. The SMILES string of the molecule is NS(=O)(=O)c1nc(-c2ccc(C(F)(F)F)cc2)n[nH]1. The molecule has 0 bridgehead atoms. The van der Waals surface area contributed by atoms with E-state index in [1.165, 1.54) is 0 Å². The topological polar surface area (TPSA) is 102 Å². The van der Waals surface area contributed by atoms with Gasteiger partial charge < -0.3 is 0 Å². The zero-order valence-electron chi connectivity index (χ0n) is 9.14. The second-order valence-corrected chi connectivity index (χ2v) is 5.06. The van der Waals surface area contributed by atoms with Gasteiger partial charge in [-0.25, -0.2) is 18.7 Å². The number of nitrogens with two attached hydrogens (primary N) is 1. The van der Waals surface area contributed by atoms with Crippen LogP contribution >= 0.6 is 0 Å². The normalized spacial score (nSPS) is 12.6. The van der Waals surface area contributed by atoms with Gasteiger partial charge >= 0.3 is 6.18 Å². The Bertz CT molecular complexity index is 691. The Hall–Kier alpha value is -1.94. The Kier molecular flexibility index (Phi) is 3.06. The zero-order valence-corrected chi connectivity index (χ0v) is 9.96. The lowest BCUT2D eigenvalue weighted by Crippen LogP contribution is -2.13. The minimum absolute atomic E-state index is 0.0576. The molecule has 0 spiro atoms. The van der Waals surface area contributed by atoms with Crippen molar-refractivity contribution in [3.8, 4) is 11.4 Å². The van der Waals surface area contributed by atoms with Crippen molar-refractivity contribution in [2.24, 2.45) is 5.14 Å². The van der Waals surface area contributed by atoms with Crippen LogP contribution in [0.2, 0.25) is 0 Å². The molecule has 2 rings (SSSR count). The predicted octanol–water partition coefficient (Wildman–Crippen LogP) is 1.14. The molecule has 0 atom stereocenters. The smallest absolute Gasteiger partial charge is 0.248 e. The lowest BCUT2D eigenvalue weighted by Gasteiger charge is -2.05. The average Bonchev–Trinajstić information content (AvgIpc) is 2.77. The minimum Gasteiger partial charge on any atom is -0.248 e. The van der Waals surface area contributed by atoms with Gasteiger partial charge in [0.05, 0.1) is 5.56 Å². The van der Waals surface area contributed by atoms with Gasteiger partial charge in [-0.1, -0.05) is 12.1 Å². The first-order chi connectivity index (χ1) is 8.68. The van der Waals surface area contributed by atoms with Gasteiger partial charge in [-0.2, -0.15) is 23.3 Å². The van der Waals surface area contributed by atoms with Crippen molar-refractivity contribution in [3.63, 3.8) is 0 Å². The van der Waals surface area contributed by atoms with Crippen LogP contribution in [-0.4, -0.2) is 23.6 Å². The molecule has 0 aliphatic rings. The molecule has 0 radical (unpaired) electrons. The molecule has 102 valence electrons. The van der Waals surface area contributed by atoms with Crippen LogP contribution in [0.25, 0.3) is 11.4 Å². The number of rotatable bonds is 2. The molecule has 3 N–H and O–H groups in total. The highest BCUT2D eigenvalue weighted by molar-refractivity contribution is 7.89. The third-order valence-electron chi connectivity index (χ3n) is 2.20. The molecule has 2 aromatic rings. The van der Waals surface area contributed by atoms with E-state index in [-0.39, 0.29) is 11.4 Å². The van der Waals surface area contributed by atoms with Crippen LogP contribution in [0.1, 0.15) is 5.56 Å². The van der Waals surface area contributed by atoms with E-state index in [0.29, 0.717) is 0 Å². The molecule has 19 heavy (non-hydrogen) atoms. The summed E-state index contributed by atoms with van der Waals surface area (Å²) in [5.74, 6) is -0.0576. The summed E-state index contributed by atoms with van der Waals surface area (Å²) in [6.07, 6.45) is -4.44. The highest BCUT2D eigenvalue weighted by Crippen LogP contribution is 2.30. The lowest BCUT2D eigenvalue weighted by molar-refractivity contribution is -0.137. The molecule has 0 fully saturated rings. The van der Waals surface area contributed by atoms with Crippen LogP contribution in [0.15, 0.2) is 29.4 Å². The van der Waals surface area contributed by atoms with Gasteiger partial charge in [0.2, 0.25) is 0 Å². The summed E-state index contributed by atoms with van der Waals surface area (Å²) in [6, 6.07) is 3.97. The number of aromatic nitrogens is 3. The predicted molar refractivity (Wildman–Crippen MR) is 58.2 cm³/mol. The second kappa shape index (κ2) is 4.31. The largest absolute Gasteiger partial charge is 0.416 e. The van der Waals surface area contributed by atoms with Crippen LogP contribution in [0.3, 0.4) is 0 Å². The Labute approximate surface area is 105 Å². The fraction of sp³-hybridized carbons (Fsp3) is 0.111.